The molecule has 0 saturated carbocycles. The number of hydrogen-bond acceptors (Lipinski definition) is 4. The molecule has 1 aliphatic heterocycles. The van der Waals surface area contributed by atoms with Crippen molar-refractivity contribution in [3.63, 3.8) is 0 Å². The predicted molar refractivity (Wildman–Crippen MR) is 104 cm³/mol. The van der Waals surface area contributed by atoms with Crippen molar-refractivity contribution in [3.8, 4) is 5.75 Å². The van der Waals surface area contributed by atoms with Crippen LogP contribution in [-0.4, -0.2) is 12.8 Å². The fraction of sp³-hybridized carbons (Fsp3) is 0.227. The lowest BCUT2D eigenvalue weighted by molar-refractivity contribution is 0.414. The van der Waals surface area contributed by atoms with Crippen LogP contribution in [0.4, 0.5) is 5.69 Å². The average Bonchev–Trinajstić information content (AvgIpc) is 3.31. The molecule has 1 aromatic heterocycles. The van der Waals surface area contributed by atoms with E-state index in [0.29, 0.717) is 0 Å². The Morgan fingerprint density at radius 2 is 1.88 bits per heavy atom. The summed E-state index contributed by atoms with van der Waals surface area (Å²) in [7, 11) is 1.69. The summed E-state index contributed by atoms with van der Waals surface area (Å²) in [5, 5.41) is 7.04. The van der Waals surface area contributed by atoms with Crippen molar-refractivity contribution < 1.29 is 9.15 Å². The number of hydrogen-bond donors (Lipinski definition) is 0. The Balaban J connectivity index is 1.76. The molecule has 2 heterocycles. The van der Waals surface area contributed by atoms with Crippen LogP contribution in [0.1, 0.15) is 34.9 Å². The average molecular weight is 346 g/mol. The highest BCUT2D eigenvalue weighted by Crippen LogP contribution is 2.38. The number of methoxy groups -OCH3 is 1. The van der Waals surface area contributed by atoms with E-state index in [0.717, 1.165) is 29.3 Å². The van der Waals surface area contributed by atoms with Gasteiger partial charge in [-0.05, 0) is 55.3 Å². The molecule has 1 unspecified atom stereocenters. The van der Waals surface area contributed by atoms with Gasteiger partial charge < -0.3 is 9.15 Å². The maximum absolute atomic E-state index is 5.59. The van der Waals surface area contributed by atoms with Gasteiger partial charge in [0.25, 0.3) is 0 Å². The predicted octanol–water partition coefficient (Wildman–Crippen LogP) is 5.26. The number of hydrazone groups is 1. The number of aryl methyl sites for hydroxylation is 2. The minimum Gasteiger partial charge on any atom is -0.497 e. The Hall–Kier alpha value is -3.01. The van der Waals surface area contributed by atoms with Gasteiger partial charge in [-0.15, -0.1) is 0 Å². The van der Waals surface area contributed by atoms with Crippen molar-refractivity contribution in [2.24, 2.45) is 5.10 Å². The van der Waals surface area contributed by atoms with Gasteiger partial charge in [0.05, 0.1) is 25.1 Å². The third kappa shape index (κ3) is 2.99. The molecule has 2 aromatic carbocycles. The first-order valence-corrected chi connectivity index (χ1v) is 8.77. The van der Waals surface area contributed by atoms with Crippen LogP contribution >= 0.6 is 0 Å². The number of nitrogens with zero attached hydrogens (tertiary/aromatic N) is 2. The standard InChI is InChI=1S/C22H22N2O2/c1-15-6-11-20(16(2)13-15)24-21(17-7-9-18(25-3)10-8-17)14-19(23-24)22-5-4-12-26-22/h4-13,21H,14H2,1-3H3. The molecule has 4 heteroatoms. The van der Waals surface area contributed by atoms with Crippen LogP contribution in [-0.2, 0) is 0 Å². The van der Waals surface area contributed by atoms with Crippen molar-refractivity contribution in [3.05, 3.63) is 83.3 Å². The zero-order valence-electron chi connectivity index (χ0n) is 15.3. The van der Waals surface area contributed by atoms with Crippen molar-refractivity contribution in [1.82, 2.24) is 0 Å². The lowest BCUT2D eigenvalue weighted by atomic mass is 9.99. The Labute approximate surface area is 153 Å². The lowest BCUT2D eigenvalue weighted by Gasteiger charge is -2.25. The molecule has 26 heavy (non-hydrogen) atoms. The highest BCUT2D eigenvalue weighted by molar-refractivity contribution is 6.01. The zero-order chi connectivity index (χ0) is 18.1. The Bertz CT molecular complexity index is 927. The highest BCUT2D eigenvalue weighted by atomic mass is 16.5. The second-order valence-corrected chi connectivity index (χ2v) is 6.65. The first-order valence-electron chi connectivity index (χ1n) is 8.77. The van der Waals surface area contributed by atoms with Crippen molar-refractivity contribution in [1.29, 1.82) is 0 Å². The SMILES string of the molecule is COc1ccc(C2CC(c3ccco3)=NN2c2ccc(C)cc2C)cc1. The number of ether oxygens (including phenoxy) is 1. The highest BCUT2D eigenvalue weighted by Gasteiger charge is 2.31. The Morgan fingerprint density at radius 3 is 2.54 bits per heavy atom. The quantitative estimate of drug-likeness (QED) is 0.646. The van der Waals surface area contributed by atoms with Gasteiger partial charge in [-0.25, -0.2) is 0 Å². The van der Waals surface area contributed by atoms with E-state index >= 15 is 0 Å². The van der Waals surface area contributed by atoms with Crippen LogP contribution in [0.2, 0.25) is 0 Å². The first kappa shape index (κ1) is 16.5. The molecular formula is C22H22N2O2. The number of anilines is 1. The van der Waals surface area contributed by atoms with Gasteiger partial charge in [-0.2, -0.15) is 5.10 Å². The zero-order valence-corrected chi connectivity index (χ0v) is 15.3. The third-order valence-corrected chi connectivity index (χ3v) is 4.82. The molecular weight excluding hydrogens is 324 g/mol. The fourth-order valence-electron chi connectivity index (χ4n) is 3.47. The molecule has 0 bridgehead atoms. The molecule has 0 radical (unpaired) electrons. The maximum Gasteiger partial charge on any atom is 0.149 e. The molecule has 4 nitrogen and oxygen atoms in total. The number of furan rings is 1. The van der Waals surface area contributed by atoms with E-state index in [9.17, 15) is 0 Å². The van der Waals surface area contributed by atoms with Crippen LogP contribution in [0.15, 0.2) is 70.4 Å². The van der Waals surface area contributed by atoms with Crippen LogP contribution in [0.5, 0.6) is 5.75 Å². The fourth-order valence-corrected chi connectivity index (χ4v) is 3.47. The first-order chi connectivity index (χ1) is 12.7. The molecule has 0 fully saturated rings. The van der Waals surface area contributed by atoms with Gasteiger partial charge in [-0.1, -0.05) is 29.8 Å². The van der Waals surface area contributed by atoms with E-state index < -0.39 is 0 Å². The molecule has 132 valence electrons. The monoisotopic (exact) mass is 346 g/mol. The normalized spacial score (nSPS) is 16.7. The summed E-state index contributed by atoms with van der Waals surface area (Å²) < 4.78 is 10.9. The van der Waals surface area contributed by atoms with E-state index in [-0.39, 0.29) is 6.04 Å². The molecule has 0 amide bonds. The molecule has 3 aromatic rings. The van der Waals surface area contributed by atoms with Gasteiger partial charge >= 0.3 is 0 Å². The van der Waals surface area contributed by atoms with E-state index in [1.54, 1.807) is 13.4 Å². The van der Waals surface area contributed by atoms with Crippen LogP contribution in [0.3, 0.4) is 0 Å². The van der Waals surface area contributed by atoms with Crippen LogP contribution in [0, 0.1) is 13.8 Å². The summed E-state index contributed by atoms with van der Waals surface area (Å²) in [4.78, 5) is 0. The van der Waals surface area contributed by atoms with Crippen molar-refractivity contribution in [2.75, 3.05) is 12.1 Å². The van der Waals surface area contributed by atoms with Gasteiger partial charge in [0.1, 0.15) is 17.2 Å². The topological polar surface area (TPSA) is 38.0 Å². The number of rotatable bonds is 4. The summed E-state index contributed by atoms with van der Waals surface area (Å²) in [5.74, 6) is 1.69. The van der Waals surface area contributed by atoms with E-state index in [4.69, 9.17) is 14.3 Å². The maximum atomic E-state index is 5.59. The van der Waals surface area contributed by atoms with Crippen molar-refractivity contribution in [2.45, 2.75) is 26.3 Å². The smallest absolute Gasteiger partial charge is 0.149 e. The molecule has 4 rings (SSSR count). The summed E-state index contributed by atoms with van der Waals surface area (Å²) in [6, 6.07) is 18.7. The van der Waals surface area contributed by atoms with E-state index in [1.165, 1.54) is 16.7 Å². The molecule has 0 saturated heterocycles. The van der Waals surface area contributed by atoms with E-state index in [2.05, 4.69) is 49.2 Å². The molecule has 1 atom stereocenters. The summed E-state index contributed by atoms with van der Waals surface area (Å²) in [6.45, 7) is 4.24. The molecule has 1 aliphatic rings. The molecule has 0 N–H and O–H groups in total. The lowest BCUT2D eigenvalue weighted by Crippen LogP contribution is -2.19. The van der Waals surface area contributed by atoms with Gasteiger partial charge in [-0.3, -0.25) is 5.01 Å². The van der Waals surface area contributed by atoms with Gasteiger partial charge in [0, 0.05) is 6.42 Å². The second-order valence-electron chi connectivity index (χ2n) is 6.65. The minimum atomic E-state index is 0.127. The van der Waals surface area contributed by atoms with Crippen LogP contribution in [0.25, 0.3) is 0 Å². The van der Waals surface area contributed by atoms with Crippen molar-refractivity contribution >= 4 is 11.4 Å². The molecule has 0 aliphatic carbocycles. The van der Waals surface area contributed by atoms with Gasteiger partial charge in [0.15, 0.2) is 0 Å². The third-order valence-electron chi connectivity index (χ3n) is 4.82. The Morgan fingerprint density at radius 1 is 1.08 bits per heavy atom. The largest absolute Gasteiger partial charge is 0.497 e. The Kier molecular flexibility index (Phi) is 4.25. The summed E-state index contributed by atoms with van der Waals surface area (Å²) in [6.07, 6.45) is 2.49. The minimum absolute atomic E-state index is 0.127. The number of benzene rings is 2. The second kappa shape index (κ2) is 6.71. The van der Waals surface area contributed by atoms with Gasteiger partial charge in [0.2, 0.25) is 0 Å². The summed E-state index contributed by atoms with van der Waals surface area (Å²) in [5.41, 5.74) is 5.76. The van der Waals surface area contributed by atoms with Crippen LogP contribution < -0.4 is 9.75 Å². The summed E-state index contributed by atoms with van der Waals surface area (Å²) >= 11 is 0. The molecule has 0 spiro atoms. The van der Waals surface area contributed by atoms with E-state index in [1.807, 2.05) is 24.3 Å².